The molecule has 0 aliphatic rings. The van der Waals surface area contributed by atoms with Crippen LogP contribution in [0.25, 0.3) is 0 Å². The lowest BCUT2D eigenvalue weighted by Gasteiger charge is -1.96. The fourth-order valence-electron chi connectivity index (χ4n) is 0.905. The van der Waals surface area contributed by atoms with E-state index in [1.165, 1.54) is 18.2 Å². The van der Waals surface area contributed by atoms with Crippen molar-refractivity contribution in [2.45, 2.75) is 0 Å². The molecule has 0 amide bonds. The SMILES string of the molecule is [CH2]c1c([N+](=O)[O-])cccc1[N+](=O)[O-]. The molecule has 6 heteroatoms. The monoisotopic (exact) mass is 181 g/mol. The second-order valence-corrected chi connectivity index (χ2v) is 2.29. The van der Waals surface area contributed by atoms with Crippen LogP contribution in [0.5, 0.6) is 0 Å². The Morgan fingerprint density at radius 1 is 1.08 bits per heavy atom. The highest BCUT2D eigenvalue weighted by atomic mass is 16.6. The van der Waals surface area contributed by atoms with Crippen molar-refractivity contribution in [1.29, 1.82) is 0 Å². The Bertz CT molecular complexity index is 343. The summed E-state index contributed by atoms with van der Waals surface area (Å²) in [5, 5.41) is 20.7. The standard InChI is InChI=1S/C7H5N2O4/c1-5-6(8(10)11)3-2-4-7(5)9(12)13/h2-4H,1H2. The molecule has 1 aromatic carbocycles. The van der Waals surface area contributed by atoms with Gasteiger partial charge in [0.2, 0.25) is 0 Å². The molecule has 1 aromatic rings. The van der Waals surface area contributed by atoms with E-state index >= 15 is 0 Å². The molecule has 0 N–H and O–H groups in total. The van der Waals surface area contributed by atoms with Gasteiger partial charge >= 0.3 is 0 Å². The third-order valence-corrected chi connectivity index (χ3v) is 1.52. The zero-order valence-electron chi connectivity index (χ0n) is 6.47. The summed E-state index contributed by atoms with van der Waals surface area (Å²) in [6.07, 6.45) is 0. The van der Waals surface area contributed by atoms with Gasteiger partial charge in [0, 0.05) is 12.1 Å². The van der Waals surface area contributed by atoms with E-state index in [0.717, 1.165) is 0 Å². The first-order valence-corrected chi connectivity index (χ1v) is 3.28. The van der Waals surface area contributed by atoms with Crippen molar-refractivity contribution in [3.05, 3.63) is 50.9 Å². The molecule has 13 heavy (non-hydrogen) atoms. The van der Waals surface area contributed by atoms with Gasteiger partial charge in [-0.2, -0.15) is 0 Å². The maximum absolute atomic E-state index is 10.3. The average molecular weight is 181 g/mol. The lowest BCUT2D eigenvalue weighted by Crippen LogP contribution is -1.96. The van der Waals surface area contributed by atoms with Crippen LogP contribution in [-0.4, -0.2) is 9.85 Å². The summed E-state index contributed by atoms with van der Waals surface area (Å²) in [7, 11) is 0. The molecule has 1 radical (unpaired) electrons. The maximum Gasteiger partial charge on any atom is 0.279 e. The summed E-state index contributed by atoms with van der Waals surface area (Å²) < 4.78 is 0. The number of hydrogen-bond acceptors (Lipinski definition) is 4. The lowest BCUT2D eigenvalue weighted by molar-refractivity contribution is -0.394. The van der Waals surface area contributed by atoms with Crippen LogP contribution in [0, 0.1) is 27.2 Å². The summed E-state index contributed by atoms with van der Waals surface area (Å²) in [5.41, 5.74) is -0.846. The zero-order valence-corrected chi connectivity index (χ0v) is 6.47. The Morgan fingerprint density at radius 3 is 1.77 bits per heavy atom. The van der Waals surface area contributed by atoms with E-state index in [1.807, 2.05) is 0 Å². The number of nitro benzene ring substituents is 2. The Morgan fingerprint density at radius 2 is 1.46 bits per heavy atom. The zero-order chi connectivity index (χ0) is 10.0. The molecule has 0 heterocycles. The minimum atomic E-state index is -0.699. The summed E-state index contributed by atoms with van der Waals surface area (Å²) >= 11 is 0. The van der Waals surface area contributed by atoms with E-state index < -0.39 is 9.85 Å². The van der Waals surface area contributed by atoms with E-state index in [9.17, 15) is 20.2 Å². The van der Waals surface area contributed by atoms with Gasteiger partial charge in [-0.3, -0.25) is 20.2 Å². The fraction of sp³-hybridized carbons (Fsp3) is 0. The van der Waals surface area contributed by atoms with Crippen molar-refractivity contribution in [3.8, 4) is 0 Å². The average Bonchev–Trinajstić information content (AvgIpc) is 2.03. The molecule has 0 aliphatic heterocycles. The van der Waals surface area contributed by atoms with Crippen LogP contribution >= 0.6 is 0 Å². The minimum absolute atomic E-state index is 0.169. The summed E-state index contributed by atoms with van der Waals surface area (Å²) in [4.78, 5) is 19.3. The molecule has 0 bridgehead atoms. The highest BCUT2D eigenvalue weighted by molar-refractivity contribution is 5.55. The van der Waals surface area contributed by atoms with Crippen LogP contribution in [0.1, 0.15) is 5.56 Å². The highest BCUT2D eigenvalue weighted by Gasteiger charge is 2.19. The molecule has 0 fully saturated rings. The number of benzene rings is 1. The number of nitrogens with zero attached hydrogens (tertiary/aromatic N) is 2. The predicted molar refractivity (Wildman–Crippen MR) is 44.2 cm³/mol. The second-order valence-electron chi connectivity index (χ2n) is 2.29. The summed E-state index contributed by atoms with van der Waals surface area (Å²) in [6.45, 7) is 3.28. The molecular formula is C7H5N2O4. The van der Waals surface area contributed by atoms with Crippen LogP contribution in [-0.2, 0) is 0 Å². The molecule has 6 nitrogen and oxygen atoms in total. The molecule has 1 rings (SSSR count). The van der Waals surface area contributed by atoms with E-state index in [0.29, 0.717) is 0 Å². The molecule has 0 aromatic heterocycles. The number of nitro groups is 2. The molecule has 0 saturated carbocycles. The summed E-state index contributed by atoms with van der Waals surface area (Å²) in [5.74, 6) is 0. The van der Waals surface area contributed by atoms with Crippen LogP contribution in [0.4, 0.5) is 11.4 Å². The Hall–Kier alpha value is -1.98. The van der Waals surface area contributed by atoms with Gasteiger partial charge in [0.25, 0.3) is 11.4 Å². The van der Waals surface area contributed by atoms with Gasteiger partial charge in [-0.25, -0.2) is 0 Å². The molecule has 0 unspecified atom stereocenters. The molecule has 0 atom stereocenters. The normalized spacial score (nSPS) is 9.62. The smallest absolute Gasteiger partial charge is 0.258 e. The Balaban J connectivity index is 3.35. The fourth-order valence-corrected chi connectivity index (χ4v) is 0.905. The first kappa shape index (κ1) is 9.11. The van der Waals surface area contributed by atoms with Gasteiger partial charge in [-0.1, -0.05) is 0 Å². The van der Waals surface area contributed by atoms with Gasteiger partial charge in [-0.05, 0) is 13.0 Å². The van der Waals surface area contributed by atoms with Crippen LogP contribution in [0.2, 0.25) is 0 Å². The quantitative estimate of drug-likeness (QED) is 0.513. The maximum atomic E-state index is 10.3. The molecule has 0 aliphatic carbocycles. The van der Waals surface area contributed by atoms with Gasteiger partial charge in [-0.15, -0.1) is 0 Å². The number of rotatable bonds is 2. The van der Waals surface area contributed by atoms with Crippen molar-refractivity contribution < 1.29 is 9.85 Å². The van der Waals surface area contributed by atoms with Crippen molar-refractivity contribution in [2.75, 3.05) is 0 Å². The lowest BCUT2D eigenvalue weighted by atomic mass is 10.1. The Kier molecular flexibility index (Phi) is 2.23. The molecular weight excluding hydrogens is 176 g/mol. The van der Waals surface area contributed by atoms with Crippen molar-refractivity contribution in [1.82, 2.24) is 0 Å². The van der Waals surface area contributed by atoms with Crippen molar-refractivity contribution in [3.63, 3.8) is 0 Å². The Labute approximate surface area is 73.1 Å². The van der Waals surface area contributed by atoms with Gasteiger partial charge in [0.1, 0.15) is 5.56 Å². The number of hydrogen-bond donors (Lipinski definition) is 0. The molecule has 0 saturated heterocycles. The van der Waals surface area contributed by atoms with E-state index in [1.54, 1.807) is 0 Å². The highest BCUT2D eigenvalue weighted by Crippen LogP contribution is 2.26. The molecule has 67 valence electrons. The third-order valence-electron chi connectivity index (χ3n) is 1.52. The van der Waals surface area contributed by atoms with E-state index in [-0.39, 0.29) is 16.9 Å². The topological polar surface area (TPSA) is 86.3 Å². The van der Waals surface area contributed by atoms with E-state index in [2.05, 4.69) is 6.92 Å². The predicted octanol–water partition coefficient (Wildman–Crippen LogP) is 1.69. The van der Waals surface area contributed by atoms with Gasteiger partial charge < -0.3 is 0 Å². The van der Waals surface area contributed by atoms with Crippen molar-refractivity contribution >= 4 is 11.4 Å². The first-order valence-electron chi connectivity index (χ1n) is 3.28. The van der Waals surface area contributed by atoms with Gasteiger partial charge in [0.05, 0.1) is 9.85 Å². The largest absolute Gasteiger partial charge is 0.279 e. The first-order chi connectivity index (χ1) is 6.04. The van der Waals surface area contributed by atoms with Crippen LogP contribution < -0.4 is 0 Å². The van der Waals surface area contributed by atoms with Crippen molar-refractivity contribution in [2.24, 2.45) is 0 Å². The van der Waals surface area contributed by atoms with Gasteiger partial charge in [0.15, 0.2) is 0 Å². The second kappa shape index (κ2) is 3.18. The third kappa shape index (κ3) is 1.61. The van der Waals surface area contributed by atoms with E-state index in [4.69, 9.17) is 0 Å². The van der Waals surface area contributed by atoms with Crippen LogP contribution in [0.3, 0.4) is 0 Å². The van der Waals surface area contributed by atoms with Crippen LogP contribution in [0.15, 0.2) is 18.2 Å². The summed E-state index contributed by atoms with van der Waals surface area (Å²) in [6, 6.07) is 3.61. The minimum Gasteiger partial charge on any atom is -0.258 e. The molecule has 0 spiro atoms.